The van der Waals surface area contributed by atoms with E-state index in [0.29, 0.717) is 0 Å². The Labute approximate surface area is 101 Å². The van der Waals surface area contributed by atoms with Gasteiger partial charge in [-0.3, -0.25) is 10.1 Å². The monoisotopic (exact) mass is 161 g/mol. The average molecular weight is 161 g/mol. The van der Waals surface area contributed by atoms with Gasteiger partial charge in [0.25, 0.3) is 0 Å². The number of nitro benzene ring substituents is 1. The molecule has 0 saturated heterocycles. The van der Waals surface area contributed by atoms with Crippen molar-refractivity contribution >= 4 is 5.69 Å². The second kappa shape index (κ2) is 4.98. The number of hydrogen-bond acceptors (Lipinski definition) is 2. The predicted octanol–water partition coefficient (Wildman–Crippen LogP) is -1.60. The normalized spacial score (nSPS) is 8.00. The Balaban J connectivity index is 0.000000810. The van der Waals surface area contributed by atoms with Gasteiger partial charge >= 0.3 is 51.4 Å². The Morgan fingerprint density at radius 3 is 2.20 bits per heavy atom. The van der Waals surface area contributed by atoms with Crippen LogP contribution in [0.15, 0.2) is 24.3 Å². The van der Waals surface area contributed by atoms with Gasteiger partial charge in [0, 0.05) is 4.92 Å². The van der Waals surface area contributed by atoms with E-state index in [9.17, 15) is 10.1 Å². The molecule has 0 bridgehead atoms. The van der Waals surface area contributed by atoms with Gasteiger partial charge in [-0.05, 0) is 0 Å². The molecule has 10 heavy (non-hydrogen) atoms. The van der Waals surface area contributed by atoms with Crippen LogP contribution in [0.2, 0.25) is 0 Å². The summed E-state index contributed by atoms with van der Waals surface area (Å²) in [4.78, 5) is 9.56. The van der Waals surface area contributed by atoms with Crippen molar-refractivity contribution in [2.75, 3.05) is 0 Å². The van der Waals surface area contributed by atoms with Crippen molar-refractivity contribution in [2.45, 2.75) is 0 Å². The molecule has 0 fully saturated rings. The van der Waals surface area contributed by atoms with Crippen LogP contribution in [0.25, 0.3) is 0 Å². The molecular weight excluding hydrogens is 157 g/mol. The van der Waals surface area contributed by atoms with Crippen LogP contribution in [0.3, 0.4) is 0 Å². The summed E-state index contributed by atoms with van der Waals surface area (Å²) in [6.07, 6.45) is 0. The van der Waals surface area contributed by atoms with Crippen molar-refractivity contribution in [3.05, 3.63) is 40.4 Å². The molecule has 0 saturated carbocycles. The van der Waals surface area contributed by atoms with E-state index >= 15 is 0 Å². The summed E-state index contributed by atoms with van der Waals surface area (Å²) in [6.45, 7) is 0. The molecule has 46 valence electrons. The van der Waals surface area contributed by atoms with Crippen molar-refractivity contribution in [3.63, 3.8) is 0 Å². The van der Waals surface area contributed by atoms with Gasteiger partial charge in [0.2, 0.25) is 0 Å². The first kappa shape index (κ1) is 10.3. The molecule has 3 nitrogen and oxygen atoms in total. The molecule has 0 aromatic heterocycles. The number of hydrogen-bond donors (Lipinski definition) is 0. The van der Waals surface area contributed by atoms with E-state index in [4.69, 9.17) is 0 Å². The molecule has 0 unspecified atom stereocenters. The number of nitrogens with zero attached hydrogens (tertiary/aromatic N) is 1. The molecule has 0 radical (unpaired) electrons. The van der Waals surface area contributed by atoms with E-state index in [1.807, 2.05) is 0 Å². The third-order valence-corrected chi connectivity index (χ3v) is 0.911. The molecule has 1 aromatic carbocycles. The first-order chi connectivity index (χ1) is 4.30. The maximum Gasteiger partial charge on any atom is 1.00 e. The van der Waals surface area contributed by atoms with E-state index in [0.717, 1.165) is 0 Å². The van der Waals surface area contributed by atoms with Gasteiger partial charge in [0.15, 0.2) is 5.69 Å². The molecule has 0 heterocycles. The van der Waals surface area contributed by atoms with Crippen LogP contribution < -0.4 is 51.4 Å². The summed E-state index contributed by atoms with van der Waals surface area (Å²) >= 11 is 0. The number of non-ortho nitro benzene ring substituents is 1. The largest absolute Gasteiger partial charge is 1.00 e. The van der Waals surface area contributed by atoms with Crippen LogP contribution in [0, 0.1) is 16.2 Å². The fraction of sp³-hybridized carbons (Fsp3) is 0. The molecular formula is C6H4KNO2. The van der Waals surface area contributed by atoms with Crippen LogP contribution >= 0.6 is 0 Å². The zero-order valence-corrected chi connectivity index (χ0v) is 8.70. The van der Waals surface area contributed by atoms with Gasteiger partial charge in [0.05, 0.1) is 0 Å². The first-order valence-corrected chi connectivity index (χ1v) is 2.41. The standard InChI is InChI=1S/C6H4NO2.K/c8-7(9)6-4-2-1-3-5-6;/h2-5H;/q-1;+1. The predicted molar refractivity (Wildman–Crippen MR) is 31.9 cm³/mol. The number of nitro groups is 1. The molecule has 4 heteroatoms. The molecule has 0 aliphatic carbocycles. The Hall–Kier alpha value is 0.256. The van der Waals surface area contributed by atoms with E-state index in [-0.39, 0.29) is 57.1 Å². The van der Waals surface area contributed by atoms with Gasteiger partial charge in [0.1, 0.15) is 0 Å². The fourth-order valence-corrected chi connectivity index (χ4v) is 0.500. The first-order valence-electron chi connectivity index (χ1n) is 2.41. The molecule has 0 aliphatic heterocycles. The Morgan fingerprint density at radius 2 is 1.90 bits per heavy atom. The zero-order valence-electron chi connectivity index (χ0n) is 5.57. The molecule has 0 amide bonds. The van der Waals surface area contributed by atoms with Gasteiger partial charge in [-0.15, -0.1) is 0 Å². The number of rotatable bonds is 1. The molecule has 1 aromatic rings. The van der Waals surface area contributed by atoms with Gasteiger partial charge in [-0.2, -0.15) is 18.2 Å². The average Bonchev–Trinajstić information content (AvgIpc) is 1.90. The summed E-state index contributed by atoms with van der Waals surface area (Å²) in [5.41, 5.74) is 0.105. The van der Waals surface area contributed by atoms with Crippen molar-refractivity contribution in [2.24, 2.45) is 0 Å². The molecule has 0 aliphatic rings. The van der Waals surface area contributed by atoms with E-state index in [1.54, 1.807) is 0 Å². The Kier molecular flexibility index (Phi) is 5.11. The van der Waals surface area contributed by atoms with Crippen LogP contribution in [-0.2, 0) is 0 Å². The minimum atomic E-state index is -0.437. The fourth-order valence-electron chi connectivity index (χ4n) is 0.500. The third-order valence-electron chi connectivity index (χ3n) is 0.911. The summed E-state index contributed by atoms with van der Waals surface area (Å²) in [7, 11) is 0. The van der Waals surface area contributed by atoms with Crippen LogP contribution in [0.1, 0.15) is 0 Å². The topological polar surface area (TPSA) is 43.1 Å². The summed E-state index contributed by atoms with van der Waals surface area (Å²) < 4.78 is 0. The quantitative estimate of drug-likeness (QED) is 0.215. The van der Waals surface area contributed by atoms with E-state index < -0.39 is 4.92 Å². The number of benzene rings is 1. The van der Waals surface area contributed by atoms with Gasteiger partial charge in [-0.25, -0.2) is 0 Å². The minimum Gasteiger partial charge on any atom is -0.260 e. The molecule has 0 N–H and O–H groups in total. The smallest absolute Gasteiger partial charge is 0.260 e. The minimum absolute atomic E-state index is 0. The van der Waals surface area contributed by atoms with Crippen molar-refractivity contribution in [1.82, 2.24) is 0 Å². The maximum atomic E-state index is 9.99. The Morgan fingerprint density at radius 1 is 1.40 bits per heavy atom. The molecule has 0 spiro atoms. The molecule has 0 atom stereocenters. The van der Waals surface area contributed by atoms with Crippen molar-refractivity contribution in [3.8, 4) is 0 Å². The summed E-state index contributed by atoms with van der Waals surface area (Å²) in [6, 6.07) is 8.51. The molecule has 1 rings (SSSR count). The summed E-state index contributed by atoms with van der Waals surface area (Å²) in [5.74, 6) is 0. The summed E-state index contributed by atoms with van der Waals surface area (Å²) in [5, 5.41) is 9.99. The van der Waals surface area contributed by atoms with Crippen LogP contribution in [0.5, 0.6) is 0 Å². The van der Waals surface area contributed by atoms with Crippen LogP contribution in [-0.4, -0.2) is 4.92 Å². The second-order valence-corrected chi connectivity index (χ2v) is 1.52. The van der Waals surface area contributed by atoms with E-state index in [1.165, 1.54) is 24.3 Å². The van der Waals surface area contributed by atoms with Crippen molar-refractivity contribution < 1.29 is 56.3 Å². The SMILES string of the molecule is O=[N+]([O-])c1cc[c-]cc1.[K+]. The maximum absolute atomic E-state index is 9.99. The third kappa shape index (κ3) is 2.89. The van der Waals surface area contributed by atoms with E-state index in [2.05, 4.69) is 6.07 Å². The Bertz CT molecular complexity index is 212. The zero-order chi connectivity index (χ0) is 6.69. The van der Waals surface area contributed by atoms with Crippen LogP contribution in [0.4, 0.5) is 5.69 Å². The second-order valence-electron chi connectivity index (χ2n) is 1.52. The van der Waals surface area contributed by atoms with Gasteiger partial charge < -0.3 is 0 Å². The van der Waals surface area contributed by atoms with Crippen molar-refractivity contribution in [1.29, 1.82) is 0 Å². The van der Waals surface area contributed by atoms with Gasteiger partial charge in [-0.1, -0.05) is 12.1 Å².